The van der Waals surface area contributed by atoms with Crippen LogP contribution in [0.15, 0.2) is 59.9 Å². The Morgan fingerprint density at radius 3 is 2.83 bits per heavy atom. The molecule has 5 rings (SSSR count). The van der Waals surface area contributed by atoms with Crippen LogP contribution in [-0.4, -0.2) is 32.5 Å². The lowest BCUT2D eigenvalue weighted by molar-refractivity contribution is 0.0953. The van der Waals surface area contributed by atoms with Gasteiger partial charge >= 0.3 is 0 Å². The molecule has 1 aliphatic rings. The van der Waals surface area contributed by atoms with Crippen LogP contribution < -0.4 is 0 Å². The zero-order chi connectivity index (χ0) is 20.3. The van der Waals surface area contributed by atoms with E-state index in [1.54, 1.807) is 11.8 Å². The SMILES string of the molecule is N#Cc1ccc(CSc2nnc(-c3c[nH]c4ccccc34)n2CC2CCCO2)cc1. The first-order valence-corrected chi connectivity index (χ1v) is 11.0. The molecule has 3 heterocycles. The lowest BCUT2D eigenvalue weighted by Crippen LogP contribution is -2.16. The third-order valence-electron chi connectivity index (χ3n) is 5.41. The number of nitriles is 1. The summed E-state index contributed by atoms with van der Waals surface area (Å²) in [5.41, 5.74) is 3.97. The normalized spacial score (nSPS) is 16.2. The first-order valence-electron chi connectivity index (χ1n) is 10.0. The lowest BCUT2D eigenvalue weighted by Gasteiger charge is -2.14. The number of hydrogen-bond acceptors (Lipinski definition) is 5. The number of nitrogens with one attached hydrogen (secondary N) is 1. The molecule has 1 fully saturated rings. The third kappa shape index (κ3) is 3.72. The highest BCUT2D eigenvalue weighted by atomic mass is 32.2. The van der Waals surface area contributed by atoms with Gasteiger partial charge in [0.1, 0.15) is 0 Å². The lowest BCUT2D eigenvalue weighted by atomic mass is 10.1. The Morgan fingerprint density at radius 1 is 1.17 bits per heavy atom. The minimum absolute atomic E-state index is 0.194. The molecule has 2 aromatic heterocycles. The van der Waals surface area contributed by atoms with Crippen molar-refractivity contribution in [3.8, 4) is 17.5 Å². The average Bonchev–Trinajstić information content (AvgIpc) is 3.53. The highest BCUT2D eigenvalue weighted by Gasteiger charge is 2.23. The van der Waals surface area contributed by atoms with E-state index in [-0.39, 0.29) is 6.10 Å². The monoisotopic (exact) mass is 415 g/mol. The number of hydrogen-bond donors (Lipinski definition) is 1. The molecule has 1 unspecified atom stereocenters. The van der Waals surface area contributed by atoms with Gasteiger partial charge in [-0.15, -0.1) is 10.2 Å². The number of thioether (sulfide) groups is 1. The highest BCUT2D eigenvalue weighted by Crippen LogP contribution is 2.32. The van der Waals surface area contributed by atoms with Crippen LogP contribution in [0.1, 0.15) is 24.0 Å². The topological polar surface area (TPSA) is 79.5 Å². The zero-order valence-electron chi connectivity index (χ0n) is 16.4. The predicted molar refractivity (Wildman–Crippen MR) is 117 cm³/mol. The van der Waals surface area contributed by atoms with Crippen molar-refractivity contribution in [2.45, 2.75) is 36.4 Å². The molecule has 1 N–H and O–H groups in total. The Morgan fingerprint density at radius 2 is 2.03 bits per heavy atom. The quantitative estimate of drug-likeness (QED) is 0.459. The Labute approximate surface area is 178 Å². The number of aromatic nitrogens is 4. The third-order valence-corrected chi connectivity index (χ3v) is 6.45. The molecule has 0 amide bonds. The Hall–Kier alpha value is -3.08. The molecule has 0 saturated carbocycles. The molecule has 150 valence electrons. The number of aromatic amines is 1. The van der Waals surface area contributed by atoms with E-state index < -0.39 is 0 Å². The van der Waals surface area contributed by atoms with Crippen LogP contribution in [-0.2, 0) is 17.0 Å². The summed E-state index contributed by atoms with van der Waals surface area (Å²) < 4.78 is 8.10. The van der Waals surface area contributed by atoms with Crippen LogP contribution in [0.2, 0.25) is 0 Å². The summed E-state index contributed by atoms with van der Waals surface area (Å²) in [6.45, 7) is 1.57. The summed E-state index contributed by atoms with van der Waals surface area (Å²) in [7, 11) is 0. The summed E-state index contributed by atoms with van der Waals surface area (Å²) in [4.78, 5) is 3.34. The van der Waals surface area contributed by atoms with Crippen LogP contribution in [0.4, 0.5) is 0 Å². The minimum atomic E-state index is 0.194. The van der Waals surface area contributed by atoms with Gasteiger partial charge in [-0.1, -0.05) is 42.1 Å². The Bertz CT molecular complexity index is 1200. The first-order chi connectivity index (χ1) is 14.8. The van der Waals surface area contributed by atoms with Gasteiger partial charge in [-0.2, -0.15) is 5.26 Å². The fraction of sp³-hybridized carbons (Fsp3) is 0.261. The molecule has 2 aromatic carbocycles. The fourth-order valence-corrected chi connectivity index (χ4v) is 4.73. The molecule has 1 saturated heterocycles. The Balaban J connectivity index is 1.46. The molecule has 1 aliphatic heterocycles. The zero-order valence-corrected chi connectivity index (χ0v) is 17.2. The van der Waals surface area contributed by atoms with Crippen molar-refractivity contribution < 1.29 is 4.74 Å². The molecule has 30 heavy (non-hydrogen) atoms. The van der Waals surface area contributed by atoms with E-state index in [0.717, 1.165) is 64.8 Å². The maximum Gasteiger partial charge on any atom is 0.191 e. The predicted octanol–water partition coefficient (Wildman–Crippen LogP) is 4.77. The minimum Gasteiger partial charge on any atom is -0.376 e. The summed E-state index contributed by atoms with van der Waals surface area (Å²) in [5, 5.41) is 20.1. The molecular weight excluding hydrogens is 394 g/mol. The van der Waals surface area contributed by atoms with Gasteiger partial charge in [0.25, 0.3) is 0 Å². The van der Waals surface area contributed by atoms with Gasteiger partial charge in [0.05, 0.1) is 24.3 Å². The van der Waals surface area contributed by atoms with Gasteiger partial charge in [0.15, 0.2) is 11.0 Å². The van der Waals surface area contributed by atoms with E-state index in [2.05, 4.69) is 38.0 Å². The number of rotatable bonds is 6. The summed E-state index contributed by atoms with van der Waals surface area (Å²) >= 11 is 1.66. The second-order valence-electron chi connectivity index (χ2n) is 7.40. The molecule has 0 spiro atoms. The van der Waals surface area contributed by atoms with Crippen LogP contribution in [0, 0.1) is 11.3 Å². The van der Waals surface area contributed by atoms with E-state index >= 15 is 0 Å². The number of fused-ring (bicyclic) bond motifs is 1. The largest absolute Gasteiger partial charge is 0.376 e. The first kappa shape index (κ1) is 18.9. The molecule has 0 aliphatic carbocycles. The van der Waals surface area contributed by atoms with Crippen molar-refractivity contribution in [3.63, 3.8) is 0 Å². The molecule has 4 aromatic rings. The van der Waals surface area contributed by atoms with Crippen LogP contribution in [0.25, 0.3) is 22.3 Å². The number of para-hydroxylation sites is 1. The number of benzene rings is 2. The summed E-state index contributed by atoms with van der Waals surface area (Å²) in [6, 6.07) is 18.1. The fourth-order valence-electron chi connectivity index (χ4n) is 3.83. The second-order valence-corrected chi connectivity index (χ2v) is 8.34. The maximum absolute atomic E-state index is 8.99. The molecule has 1 atom stereocenters. The van der Waals surface area contributed by atoms with Crippen molar-refractivity contribution in [2.24, 2.45) is 0 Å². The van der Waals surface area contributed by atoms with Crippen molar-refractivity contribution >= 4 is 22.7 Å². The smallest absolute Gasteiger partial charge is 0.191 e. The Kier molecular flexibility index (Phi) is 5.26. The van der Waals surface area contributed by atoms with Crippen molar-refractivity contribution in [1.82, 2.24) is 19.7 Å². The van der Waals surface area contributed by atoms with E-state index in [1.807, 2.05) is 42.6 Å². The van der Waals surface area contributed by atoms with E-state index in [1.165, 1.54) is 0 Å². The number of nitrogens with zero attached hydrogens (tertiary/aromatic N) is 4. The standard InChI is InChI=1S/C23H21N5OS/c24-12-16-7-9-17(10-8-16)15-30-23-27-26-22(28(23)14-18-4-3-11-29-18)20-13-25-21-6-2-1-5-19(20)21/h1-2,5-10,13,18,25H,3-4,11,14-15H2. The van der Waals surface area contributed by atoms with Gasteiger partial charge in [0.2, 0.25) is 0 Å². The number of ether oxygens (including phenoxy) is 1. The average molecular weight is 416 g/mol. The van der Waals surface area contributed by atoms with E-state index in [0.29, 0.717) is 5.56 Å². The van der Waals surface area contributed by atoms with Crippen LogP contribution in [0.5, 0.6) is 0 Å². The molecule has 6 nitrogen and oxygen atoms in total. The van der Waals surface area contributed by atoms with E-state index in [9.17, 15) is 0 Å². The van der Waals surface area contributed by atoms with Crippen molar-refractivity contribution in [3.05, 3.63) is 65.9 Å². The van der Waals surface area contributed by atoms with Crippen molar-refractivity contribution in [1.29, 1.82) is 5.26 Å². The highest BCUT2D eigenvalue weighted by molar-refractivity contribution is 7.98. The van der Waals surface area contributed by atoms with Gasteiger partial charge < -0.3 is 9.72 Å². The van der Waals surface area contributed by atoms with Gasteiger partial charge in [-0.3, -0.25) is 4.57 Å². The van der Waals surface area contributed by atoms with Crippen molar-refractivity contribution in [2.75, 3.05) is 6.61 Å². The van der Waals surface area contributed by atoms with Gasteiger partial charge in [-0.05, 0) is 36.6 Å². The summed E-state index contributed by atoms with van der Waals surface area (Å²) in [5.74, 6) is 1.63. The molecular formula is C23H21N5OS. The second kappa shape index (κ2) is 8.34. The maximum atomic E-state index is 8.99. The molecule has 0 radical (unpaired) electrons. The van der Waals surface area contributed by atoms with Gasteiger partial charge in [0, 0.05) is 35.0 Å². The molecule has 7 heteroatoms. The summed E-state index contributed by atoms with van der Waals surface area (Å²) in [6.07, 6.45) is 4.36. The number of H-pyrrole nitrogens is 1. The molecule has 0 bridgehead atoms. The van der Waals surface area contributed by atoms with Crippen LogP contribution >= 0.6 is 11.8 Å². The van der Waals surface area contributed by atoms with Crippen LogP contribution in [0.3, 0.4) is 0 Å². The van der Waals surface area contributed by atoms with Gasteiger partial charge in [-0.25, -0.2) is 0 Å². The van der Waals surface area contributed by atoms with E-state index in [4.69, 9.17) is 10.00 Å².